The molecule has 1 saturated carbocycles. The van der Waals surface area contributed by atoms with Crippen LogP contribution in [0.1, 0.15) is 25.7 Å². The summed E-state index contributed by atoms with van der Waals surface area (Å²) < 4.78 is 59.0. The van der Waals surface area contributed by atoms with Crippen LogP contribution in [0.2, 0.25) is 0 Å². The van der Waals surface area contributed by atoms with Gasteiger partial charge in [0.15, 0.2) is 9.84 Å². The van der Waals surface area contributed by atoms with Crippen LogP contribution in [0.4, 0.5) is 8.78 Å². The summed E-state index contributed by atoms with van der Waals surface area (Å²) in [6.45, 7) is 0. The molecule has 0 atom stereocenters. The van der Waals surface area contributed by atoms with Crippen LogP contribution < -0.4 is 10.3 Å². The number of nitrogens with one attached hydrogen (secondary N) is 1. The van der Waals surface area contributed by atoms with Gasteiger partial charge >= 0.3 is 0 Å². The summed E-state index contributed by atoms with van der Waals surface area (Å²) in [6, 6.07) is 6.26. The zero-order valence-electron chi connectivity index (χ0n) is 16.6. The monoisotopic (exact) mass is 436 g/mol. The summed E-state index contributed by atoms with van der Waals surface area (Å²) in [5, 5.41) is 0.645. The number of ether oxygens (including phenoxy) is 1. The molecule has 1 N–H and O–H groups in total. The van der Waals surface area contributed by atoms with E-state index in [2.05, 4.69) is 4.98 Å². The molecule has 1 aliphatic rings. The second kappa shape index (κ2) is 7.23. The normalized spacial score (nSPS) is 17.3. The van der Waals surface area contributed by atoms with Crippen molar-refractivity contribution >= 4 is 20.7 Å². The van der Waals surface area contributed by atoms with Crippen LogP contribution in [0.15, 0.2) is 46.3 Å². The first-order chi connectivity index (χ1) is 14.0. The molecular weight excluding hydrogens is 414 g/mol. The highest BCUT2D eigenvalue weighted by Crippen LogP contribution is 2.40. The fraction of sp³-hybridized carbons (Fsp3) is 0.381. The van der Waals surface area contributed by atoms with Crippen molar-refractivity contribution in [2.75, 3.05) is 6.26 Å². The van der Waals surface area contributed by atoms with Crippen molar-refractivity contribution in [2.24, 2.45) is 7.05 Å². The van der Waals surface area contributed by atoms with Crippen molar-refractivity contribution < 1.29 is 21.9 Å². The summed E-state index contributed by atoms with van der Waals surface area (Å²) in [4.78, 5) is 15.0. The van der Waals surface area contributed by atoms with Crippen LogP contribution in [-0.2, 0) is 16.9 Å². The van der Waals surface area contributed by atoms with Gasteiger partial charge in [0.2, 0.25) is 5.92 Å². The molecule has 0 spiro atoms. The Balaban J connectivity index is 1.83. The van der Waals surface area contributed by atoms with Crippen molar-refractivity contribution in [1.29, 1.82) is 0 Å². The molecule has 30 heavy (non-hydrogen) atoms. The summed E-state index contributed by atoms with van der Waals surface area (Å²) in [5.41, 5.74) is 1.32. The predicted molar refractivity (Wildman–Crippen MR) is 110 cm³/mol. The van der Waals surface area contributed by atoms with Gasteiger partial charge in [-0.1, -0.05) is 0 Å². The third-order valence-corrected chi connectivity index (χ3v) is 6.64. The lowest BCUT2D eigenvalue weighted by Gasteiger charge is -2.29. The smallest absolute Gasteiger partial charge is 0.272 e. The average molecular weight is 436 g/mol. The average Bonchev–Trinajstić information content (AvgIpc) is 3.01. The van der Waals surface area contributed by atoms with Gasteiger partial charge in [0.25, 0.3) is 5.56 Å². The van der Waals surface area contributed by atoms with Crippen LogP contribution in [0.25, 0.3) is 22.0 Å². The van der Waals surface area contributed by atoms with E-state index < -0.39 is 15.8 Å². The van der Waals surface area contributed by atoms with E-state index >= 15 is 0 Å². The number of nitrogens with zero attached hydrogens (tertiary/aromatic N) is 1. The molecule has 6 nitrogen and oxygen atoms in total. The van der Waals surface area contributed by atoms with Gasteiger partial charge in [-0.15, -0.1) is 0 Å². The molecule has 1 aromatic carbocycles. The Morgan fingerprint density at radius 3 is 2.53 bits per heavy atom. The highest BCUT2D eigenvalue weighted by molar-refractivity contribution is 7.90. The Morgan fingerprint density at radius 1 is 1.17 bits per heavy atom. The lowest BCUT2D eigenvalue weighted by atomic mass is 9.94. The first-order valence-corrected chi connectivity index (χ1v) is 11.5. The SMILES string of the molecule is Cn1cc(-c2cc(S(C)(=O)=O)ccc2OC2CCC(F)(F)CC2)c2cc[nH]c(=O)c21. The number of pyridine rings is 1. The molecule has 4 rings (SSSR count). The third-order valence-electron chi connectivity index (χ3n) is 5.53. The van der Waals surface area contributed by atoms with E-state index in [1.807, 2.05) is 0 Å². The maximum atomic E-state index is 13.5. The second-order valence-corrected chi connectivity index (χ2v) is 9.84. The first-order valence-electron chi connectivity index (χ1n) is 9.61. The summed E-state index contributed by atoms with van der Waals surface area (Å²) in [6.07, 6.45) is 3.96. The number of benzene rings is 1. The molecule has 0 radical (unpaired) electrons. The van der Waals surface area contributed by atoms with E-state index in [1.54, 1.807) is 29.9 Å². The highest BCUT2D eigenvalue weighted by atomic mass is 32.2. The van der Waals surface area contributed by atoms with Gasteiger partial charge in [-0.05, 0) is 37.1 Å². The number of aromatic amines is 1. The Labute approximate surface area is 172 Å². The van der Waals surface area contributed by atoms with E-state index in [1.165, 1.54) is 18.3 Å². The lowest BCUT2D eigenvalue weighted by Crippen LogP contribution is -2.30. The lowest BCUT2D eigenvalue weighted by molar-refractivity contribution is -0.0581. The molecule has 1 fully saturated rings. The van der Waals surface area contributed by atoms with Crippen LogP contribution in [0.3, 0.4) is 0 Å². The minimum Gasteiger partial charge on any atom is -0.490 e. The quantitative estimate of drug-likeness (QED) is 0.673. The van der Waals surface area contributed by atoms with Gasteiger partial charge in [-0.25, -0.2) is 17.2 Å². The number of halogens is 2. The second-order valence-electron chi connectivity index (χ2n) is 7.83. The summed E-state index contributed by atoms with van der Waals surface area (Å²) >= 11 is 0. The topological polar surface area (TPSA) is 81.2 Å². The molecule has 3 aromatic rings. The first kappa shape index (κ1) is 20.6. The molecule has 0 unspecified atom stereocenters. The van der Waals surface area contributed by atoms with Crippen LogP contribution in [0, 0.1) is 0 Å². The highest BCUT2D eigenvalue weighted by Gasteiger charge is 2.36. The summed E-state index contributed by atoms with van der Waals surface area (Å²) in [7, 11) is -1.76. The molecule has 2 aromatic heterocycles. The van der Waals surface area contributed by atoms with Crippen LogP contribution >= 0.6 is 0 Å². The van der Waals surface area contributed by atoms with Crippen molar-refractivity contribution in [2.45, 2.75) is 42.6 Å². The van der Waals surface area contributed by atoms with Crippen LogP contribution in [-0.4, -0.2) is 36.3 Å². The van der Waals surface area contributed by atoms with E-state index in [4.69, 9.17) is 4.74 Å². The van der Waals surface area contributed by atoms with Gasteiger partial charge in [0, 0.05) is 55.1 Å². The van der Waals surface area contributed by atoms with Crippen LogP contribution in [0.5, 0.6) is 5.75 Å². The van der Waals surface area contributed by atoms with E-state index in [0.29, 0.717) is 27.8 Å². The van der Waals surface area contributed by atoms with E-state index in [-0.39, 0.29) is 42.2 Å². The minimum absolute atomic E-state index is 0.113. The third kappa shape index (κ3) is 3.86. The number of sulfone groups is 1. The van der Waals surface area contributed by atoms with Gasteiger partial charge in [0.05, 0.1) is 11.0 Å². The van der Waals surface area contributed by atoms with Gasteiger partial charge in [-0.2, -0.15) is 0 Å². The fourth-order valence-electron chi connectivity index (χ4n) is 3.94. The minimum atomic E-state index is -3.48. The molecule has 160 valence electrons. The Kier molecular flexibility index (Phi) is 4.96. The van der Waals surface area contributed by atoms with Crippen molar-refractivity contribution in [3.8, 4) is 16.9 Å². The number of H-pyrrole nitrogens is 1. The molecule has 0 aliphatic heterocycles. The molecule has 0 saturated heterocycles. The molecule has 2 heterocycles. The van der Waals surface area contributed by atoms with Crippen molar-refractivity contribution in [3.63, 3.8) is 0 Å². The van der Waals surface area contributed by atoms with Gasteiger partial charge in [-0.3, -0.25) is 4.79 Å². The van der Waals surface area contributed by atoms with Crippen molar-refractivity contribution in [3.05, 3.63) is 47.0 Å². The summed E-state index contributed by atoms with van der Waals surface area (Å²) in [5.74, 6) is -2.26. The molecule has 9 heteroatoms. The fourth-order valence-corrected chi connectivity index (χ4v) is 4.59. The number of rotatable bonds is 4. The number of aromatic nitrogens is 2. The molecule has 0 amide bonds. The van der Waals surface area contributed by atoms with E-state index in [9.17, 15) is 22.0 Å². The molecular formula is C21H22F2N2O4S. The zero-order chi connectivity index (χ0) is 21.7. The van der Waals surface area contributed by atoms with Gasteiger partial charge in [0.1, 0.15) is 11.3 Å². The molecule has 1 aliphatic carbocycles. The van der Waals surface area contributed by atoms with E-state index in [0.717, 1.165) is 6.26 Å². The zero-order valence-corrected chi connectivity index (χ0v) is 17.4. The standard InChI is InChI=1S/C21H22F2N2O4S/c1-25-12-17(15-7-10-24-20(26)19(15)25)16-11-14(30(2,27)28)3-4-18(16)29-13-5-8-21(22,23)9-6-13/h3-4,7,10-13H,5-6,8-9H2,1-2H3,(H,24,26). The predicted octanol–water partition coefficient (Wildman–Crippen LogP) is 3.89. The molecule has 0 bridgehead atoms. The van der Waals surface area contributed by atoms with Crippen molar-refractivity contribution in [1.82, 2.24) is 9.55 Å². The number of hydrogen-bond acceptors (Lipinski definition) is 4. The Morgan fingerprint density at radius 2 is 1.87 bits per heavy atom. The number of fused-ring (bicyclic) bond motifs is 1. The Bertz CT molecular complexity index is 1270. The number of hydrogen-bond donors (Lipinski definition) is 1. The largest absolute Gasteiger partial charge is 0.490 e. The van der Waals surface area contributed by atoms with Gasteiger partial charge < -0.3 is 14.3 Å². The number of aryl methyl sites for hydroxylation is 1. The maximum absolute atomic E-state index is 13.5. The number of alkyl halides is 2. The maximum Gasteiger partial charge on any atom is 0.272 e. The Hall–Kier alpha value is -2.68.